The lowest BCUT2D eigenvalue weighted by atomic mass is 10.4. The van der Waals surface area contributed by atoms with Crippen LogP contribution in [0.15, 0.2) is 18.3 Å². The van der Waals surface area contributed by atoms with Crippen LogP contribution in [-0.2, 0) is 6.54 Å². The molecular formula is C9H9ClN6. The van der Waals surface area contributed by atoms with E-state index in [1.165, 1.54) is 0 Å². The van der Waals surface area contributed by atoms with Crippen molar-refractivity contribution in [3.63, 3.8) is 0 Å². The third kappa shape index (κ3) is 2.60. The van der Waals surface area contributed by atoms with Gasteiger partial charge < -0.3 is 5.32 Å². The summed E-state index contributed by atoms with van der Waals surface area (Å²) in [6.07, 6.45) is 1.62. The molecule has 0 aromatic carbocycles. The second kappa shape index (κ2) is 4.80. The Bertz CT molecular complexity index is 475. The van der Waals surface area contributed by atoms with Crippen LogP contribution in [0.25, 0.3) is 0 Å². The van der Waals surface area contributed by atoms with Gasteiger partial charge in [-0.1, -0.05) is 11.6 Å². The van der Waals surface area contributed by atoms with Crippen molar-refractivity contribution < 1.29 is 0 Å². The first-order chi connectivity index (χ1) is 7.75. The molecule has 16 heavy (non-hydrogen) atoms. The number of aryl methyl sites for hydroxylation is 1. The molecule has 2 heterocycles. The molecule has 6 nitrogen and oxygen atoms in total. The Morgan fingerprint density at radius 1 is 1.31 bits per heavy atom. The number of rotatable bonds is 3. The fraction of sp³-hybridized carbons (Fsp3) is 0.222. The average Bonchev–Trinajstić information content (AvgIpc) is 2.32. The second-order valence-electron chi connectivity index (χ2n) is 3.08. The molecule has 0 aliphatic carbocycles. The molecule has 1 N–H and O–H groups in total. The summed E-state index contributed by atoms with van der Waals surface area (Å²) in [5.74, 6) is 0.424. The summed E-state index contributed by atoms with van der Waals surface area (Å²) in [6, 6.07) is 3.67. The zero-order chi connectivity index (χ0) is 11.4. The Kier molecular flexibility index (Phi) is 3.21. The fourth-order valence-electron chi connectivity index (χ4n) is 1.06. The lowest BCUT2D eigenvalue weighted by molar-refractivity contribution is 0.884. The summed E-state index contributed by atoms with van der Waals surface area (Å²) >= 11 is 5.71. The van der Waals surface area contributed by atoms with E-state index in [4.69, 9.17) is 11.6 Å². The van der Waals surface area contributed by atoms with Crippen LogP contribution in [0.3, 0.4) is 0 Å². The Balaban J connectivity index is 2.03. The Morgan fingerprint density at radius 3 is 2.88 bits per heavy atom. The van der Waals surface area contributed by atoms with Gasteiger partial charge in [0.25, 0.3) is 0 Å². The molecule has 2 rings (SSSR count). The maximum absolute atomic E-state index is 5.71. The highest BCUT2D eigenvalue weighted by Crippen LogP contribution is 2.09. The Morgan fingerprint density at radius 2 is 2.19 bits per heavy atom. The van der Waals surface area contributed by atoms with E-state index in [1.807, 2.05) is 12.1 Å². The van der Waals surface area contributed by atoms with E-state index in [0.29, 0.717) is 23.3 Å². The van der Waals surface area contributed by atoms with E-state index in [1.54, 1.807) is 13.1 Å². The van der Waals surface area contributed by atoms with Crippen molar-refractivity contribution in [3.8, 4) is 0 Å². The molecular weight excluding hydrogens is 228 g/mol. The summed E-state index contributed by atoms with van der Waals surface area (Å²) in [4.78, 5) is 4.12. The summed E-state index contributed by atoms with van der Waals surface area (Å²) in [5, 5.41) is 18.5. The predicted octanol–water partition coefficient (Wildman–Crippen LogP) is 1.24. The summed E-state index contributed by atoms with van der Waals surface area (Å²) in [6.45, 7) is 2.26. The number of hydrogen-bond acceptors (Lipinski definition) is 6. The van der Waals surface area contributed by atoms with Crippen LogP contribution in [0.1, 0.15) is 11.4 Å². The van der Waals surface area contributed by atoms with Gasteiger partial charge in [-0.05, 0) is 19.1 Å². The lowest BCUT2D eigenvalue weighted by Crippen LogP contribution is -2.07. The quantitative estimate of drug-likeness (QED) is 0.864. The molecule has 2 aromatic rings. The van der Waals surface area contributed by atoms with Gasteiger partial charge in [0.2, 0.25) is 5.95 Å². The van der Waals surface area contributed by atoms with Gasteiger partial charge in [0.1, 0.15) is 0 Å². The predicted molar refractivity (Wildman–Crippen MR) is 58.9 cm³/mol. The van der Waals surface area contributed by atoms with Gasteiger partial charge in [0, 0.05) is 6.20 Å². The van der Waals surface area contributed by atoms with Crippen LogP contribution >= 0.6 is 11.6 Å². The second-order valence-corrected chi connectivity index (χ2v) is 3.44. The Hall–Kier alpha value is -1.82. The smallest absolute Gasteiger partial charge is 0.243 e. The zero-order valence-electron chi connectivity index (χ0n) is 8.55. The van der Waals surface area contributed by atoms with Gasteiger partial charge in [-0.3, -0.25) is 0 Å². The molecule has 0 spiro atoms. The normalized spacial score (nSPS) is 10.1. The SMILES string of the molecule is Cc1nc(NCc2cccnn2)nnc1Cl. The maximum Gasteiger partial charge on any atom is 0.243 e. The van der Waals surface area contributed by atoms with E-state index in [0.717, 1.165) is 5.69 Å². The van der Waals surface area contributed by atoms with Crippen molar-refractivity contribution in [1.82, 2.24) is 25.4 Å². The summed E-state index contributed by atoms with van der Waals surface area (Å²) in [5.41, 5.74) is 1.44. The van der Waals surface area contributed by atoms with E-state index in [-0.39, 0.29) is 0 Å². The number of halogens is 1. The first kappa shape index (κ1) is 10.7. The van der Waals surface area contributed by atoms with Crippen molar-refractivity contribution in [2.45, 2.75) is 13.5 Å². The topological polar surface area (TPSA) is 76.5 Å². The number of aromatic nitrogens is 5. The van der Waals surface area contributed by atoms with Crippen LogP contribution in [0.4, 0.5) is 5.95 Å². The van der Waals surface area contributed by atoms with Gasteiger partial charge >= 0.3 is 0 Å². The Labute approximate surface area is 97.1 Å². The van der Waals surface area contributed by atoms with Crippen LogP contribution in [0, 0.1) is 6.92 Å². The molecule has 0 unspecified atom stereocenters. The van der Waals surface area contributed by atoms with Gasteiger partial charge in [-0.25, -0.2) is 4.98 Å². The summed E-state index contributed by atoms with van der Waals surface area (Å²) < 4.78 is 0. The molecule has 0 radical (unpaired) electrons. The average molecular weight is 237 g/mol. The highest BCUT2D eigenvalue weighted by atomic mass is 35.5. The van der Waals surface area contributed by atoms with Gasteiger partial charge in [0.05, 0.1) is 17.9 Å². The minimum atomic E-state index is 0.310. The number of anilines is 1. The first-order valence-corrected chi connectivity index (χ1v) is 5.01. The molecule has 0 amide bonds. The van der Waals surface area contributed by atoms with Crippen LogP contribution in [0.2, 0.25) is 5.15 Å². The molecule has 0 aliphatic heterocycles. The molecule has 0 saturated carbocycles. The first-order valence-electron chi connectivity index (χ1n) is 4.63. The van der Waals surface area contributed by atoms with E-state index < -0.39 is 0 Å². The third-order valence-corrected chi connectivity index (χ3v) is 2.21. The third-order valence-electron chi connectivity index (χ3n) is 1.86. The zero-order valence-corrected chi connectivity index (χ0v) is 9.31. The fourth-order valence-corrected chi connectivity index (χ4v) is 1.14. The maximum atomic E-state index is 5.71. The molecule has 0 fully saturated rings. The molecule has 0 aliphatic rings. The standard InChI is InChI=1S/C9H9ClN6/c1-6-8(10)15-16-9(13-6)11-5-7-3-2-4-12-14-7/h2-4H,5H2,1H3,(H,11,13,16). The van der Waals surface area contributed by atoms with Crippen LogP contribution in [-0.4, -0.2) is 25.4 Å². The van der Waals surface area contributed by atoms with E-state index in [9.17, 15) is 0 Å². The largest absolute Gasteiger partial charge is 0.347 e. The van der Waals surface area contributed by atoms with E-state index >= 15 is 0 Å². The van der Waals surface area contributed by atoms with Crippen molar-refractivity contribution in [2.24, 2.45) is 0 Å². The molecule has 2 aromatic heterocycles. The number of hydrogen-bond donors (Lipinski definition) is 1. The van der Waals surface area contributed by atoms with Gasteiger partial charge in [0.15, 0.2) is 5.15 Å². The van der Waals surface area contributed by atoms with Crippen LogP contribution < -0.4 is 5.32 Å². The van der Waals surface area contributed by atoms with Crippen molar-refractivity contribution in [1.29, 1.82) is 0 Å². The lowest BCUT2D eigenvalue weighted by Gasteiger charge is -2.03. The molecule has 0 bridgehead atoms. The highest BCUT2D eigenvalue weighted by Gasteiger charge is 2.02. The van der Waals surface area contributed by atoms with E-state index in [2.05, 4.69) is 30.7 Å². The van der Waals surface area contributed by atoms with Crippen molar-refractivity contribution >= 4 is 17.5 Å². The summed E-state index contributed by atoms with van der Waals surface area (Å²) in [7, 11) is 0. The molecule has 0 atom stereocenters. The number of nitrogens with one attached hydrogen (secondary N) is 1. The van der Waals surface area contributed by atoms with Crippen molar-refractivity contribution in [2.75, 3.05) is 5.32 Å². The monoisotopic (exact) mass is 236 g/mol. The molecule has 82 valence electrons. The van der Waals surface area contributed by atoms with Gasteiger partial charge in [-0.2, -0.15) is 10.2 Å². The van der Waals surface area contributed by atoms with Crippen molar-refractivity contribution in [3.05, 3.63) is 34.9 Å². The minimum Gasteiger partial charge on any atom is -0.347 e. The molecule has 7 heteroatoms. The molecule has 0 saturated heterocycles. The highest BCUT2D eigenvalue weighted by molar-refractivity contribution is 6.29. The minimum absolute atomic E-state index is 0.310. The number of nitrogens with zero attached hydrogens (tertiary/aromatic N) is 5. The van der Waals surface area contributed by atoms with Crippen LogP contribution in [0.5, 0.6) is 0 Å². The van der Waals surface area contributed by atoms with Gasteiger partial charge in [-0.15, -0.1) is 10.2 Å².